The smallest absolute Gasteiger partial charge is 0.258 e. The first kappa shape index (κ1) is 13.1. The average Bonchev–Trinajstić information content (AvgIpc) is 2.51. The molecule has 3 aromatic rings. The number of rotatable bonds is 3. The summed E-state index contributed by atoms with van der Waals surface area (Å²) in [6.07, 6.45) is 3.26. The molecular formula is C16H13N3O2. The first-order valence-corrected chi connectivity index (χ1v) is 6.49. The Kier molecular flexibility index (Phi) is 3.47. The molecule has 3 rings (SSSR count). The summed E-state index contributed by atoms with van der Waals surface area (Å²) in [4.78, 5) is 22.7. The van der Waals surface area contributed by atoms with Crippen molar-refractivity contribution in [1.82, 2.24) is 9.97 Å². The third kappa shape index (κ3) is 2.67. The number of H-pyrrole nitrogens is 1. The molecule has 0 atom stereocenters. The molecule has 5 heteroatoms. The topological polar surface area (TPSA) is 78.3 Å². The van der Waals surface area contributed by atoms with Gasteiger partial charge < -0.3 is 5.11 Å². The molecule has 1 aromatic carbocycles. The van der Waals surface area contributed by atoms with E-state index < -0.39 is 0 Å². The van der Waals surface area contributed by atoms with Gasteiger partial charge in [0.05, 0.1) is 17.8 Å². The highest BCUT2D eigenvalue weighted by molar-refractivity contribution is 6.01. The number of hydrogen-bond acceptors (Lipinski definition) is 4. The van der Waals surface area contributed by atoms with Crippen molar-refractivity contribution in [2.24, 2.45) is 4.99 Å². The van der Waals surface area contributed by atoms with Gasteiger partial charge in [-0.1, -0.05) is 24.3 Å². The molecule has 0 aliphatic heterocycles. The number of nitrogens with zero attached hydrogens (tertiary/aromatic N) is 2. The van der Waals surface area contributed by atoms with Crippen LogP contribution in [0, 0.1) is 0 Å². The lowest BCUT2D eigenvalue weighted by Gasteiger charge is -2.04. The minimum Gasteiger partial charge on any atom is -0.494 e. The van der Waals surface area contributed by atoms with Gasteiger partial charge in [-0.25, -0.2) is 0 Å². The monoisotopic (exact) mass is 279 g/mol. The summed E-state index contributed by atoms with van der Waals surface area (Å²) < 4.78 is 0. The van der Waals surface area contributed by atoms with Crippen molar-refractivity contribution in [3.05, 3.63) is 70.3 Å². The van der Waals surface area contributed by atoms with Gasteiger partial charge in [-0.3, -0.25) is 19.8 Å². The third-order valence-electron chi connectivity index (χ3n) is 3.15. The number of aromatic nitrogens is 2. The van der Waals surface area contributed by atoms with Crippen LogP contribution < -0.4 is 5.56 Å². The largest absolute Gasteiger partial charge is 0.494 e. The van der Waals surface area contributed by atoms with Crippen LogP contribution in [-0.2, 0) is 6.54 Å². The summed E-state index contributed by atoms with van der Waals surface area (Å²) in [6, 6.07) is 12.7. The molecule has 21 heavy (non-hydrogen) atoms. The Hall–Kier alpha value is -2.95. The molecule has 0 saturated heterocycles. The maximum absolute atomic E-state index is 11.8. The van der Waals surface area contributed by atoms with Gasteiger partial charge in [0, 0.05) is 23.2 Å². The van der Waals surface area contributed by atoms with Gasteiger partial charge in [0.2, 0.25) is 5.88 Å². The van der Waals surface area contributed by atoms with Crippen molar-refractivity contribution in [2.75, 3.05) is 0 Å². The zero-order valence-electron chi connectivity index (χ0n) is 11.2. The molecule has 5 nitrogen and oxygen atoms in total. The van der Waals surface area contributed by atoms with E-state index in [1.54, 1.807) is 30.6 Å². The maximum Gasteiger partial charge on any atom is 0.258 e. The van der Waals surface area contributed by atoms with Crippen LogP contribution in [0.15, 0.2) is 58.4 Å². The van der Waals surface area contributed by atoms with Crippen LogP contribution in [0.2, 0.25) is 0 Å². The van der Waals surface area contributed by atoms with Gasteiger partial charge in [0.15, 0.2) is 0 Å². The van der Waals surface area contributed by atoms with E-state index in [-0.39, 0.29) is 11.4 Å². The Bertz CT molecular complexity index is 854. The van der Waals surface area contributed by atoms with Crippen molar-refractivity contribution >= 4 is 17.0 Å². The van der Waals surface area contributed by atoms with Gasteiger partial charge in [0.25, 0.3) is 5.56 Å². The molecule has 2 heterocycles. The molecule has 104 valence electrons. The minimum absolute atomic E-state index is 0.177. The van der Waals surface area contributed by atoms with Crippen molar-refractivity contribution in [2.45, 2.75) is 6.54 Å². The number of hydrogen-bond donors (Lipinski definition) is 2. The van der Waals surface area contributed by atoms with Crippen molar-refractivity contribution < 1.29 is 5.11 Å². The van der Waals surface area contributed by atoms with Crippen LogP contribution >= 0.6 is 0 Å². The van der Waals surface area contributed by atoms with Crippen molar-refractivity contribution in [1.29, 1.82) is 0 Å². The molecule has 0 amide bonds. The maximum atomic E-state index is 11.8. The summed E-state index contributed by atoms with van der Waals surface area (Å²) in [5.41, 5.74) is 1.02. The molecule has 0 unspecified atom stereocenters. The lowest BCUT2D eigenvalue weighted by Crippen LogP contribution is -2.07. The van der Waals surface area contributed by atoms with E-state index in [2.05, 4.69) is 15.0 Å². The number of aromatic amines is 1. The number of nitrogens with one attached hydrogen (secondary N) is 1. The molecule has 0 aliphatic rings. The highest BCUT2D eigenvalue weighted by atomic mass is 16.3. The first-order valence-electron chi connectivity index (χ1n) is 6.49. The molecular weight excluding hydrogens is 266 g/mol. The fraction of sp³-hybridized carbons (Fsp3) is 0.0625. The van der Waals surface area contributed by atoms with E-state index in [1.807, 2.05) is 24.3 Å². The zero-order chi connectivity index (χ0) is 14.7. The normalized spacial score (nSPS) is 11.2. The molecule has 2 N–H and O–H groups in total. The molecule has 0 saturated carbocycles. The van der Waals surface area contributed by atoms with Gasteiger partial charge in [-0.2, -0.15) is 0 Å². The fourth-order valence-electron chi connectivity index (χ4n) is 2.14. The third-order valence-corrected chi connectivity index (χ3v) is 3.15. The Morgan fingerprint density at radius 2 is 1.90 bits per heavy atom. The lowest BCUT2D eigenvalue weighted by atomic mass is 10.1. The summed E-state index contributed by atoms with van der Waals surface area (Å²) in [6.45, 7) is 0.410. The Morgan fingerprint density at radius 1 is 1.14 bits per heavy atom. The lowest BCUT2D eigenvalue weighted by molar-refractivity contribution is 0.452. The van der Waals surface area contributed by atoms with Gasteiger partial charge in [-0.15, -0.1) is 0 Å². The van der Waals surface area contributed by atoms with E-state index in [4.69, 9.17) is 0 Å². The summed E-state index contributed by atoms with van der Waals surface area (Å²) in [5.74, 6) is -0.177. The SMILES string of the molecule is O=c1[nH]c(O)c(C=NCc2ccccn2)c2ccccc12. The number of pyridine rings is 2. The molecule has 0 aliphatic carbocycles. The average molecular weight is 279 g/mol. The highest BCUT2D eigenvalue weighted by Gasteiger charge is 2.08. The second-order valence-electron chi connectivity index (χ2n) is 4.55. The van der Waals surface area contributed by atoms with Crippen LogP contribution in [0.5, 0.6) is 5.88 Å². The number of aromatic hydroxyl groups is 1. The molecule has 0 fully saturated rings. The van der Waals surface area contributed by atoms with Crippen molar-refractivity contribution in [3.63, 3.8) is 0 Å². The van der Waals surface area contributed by atoms with E-state index in [0.717, 1.165) is 5.69 Å². The van der Waals surface area contributed by atoms with Crippen LogP contribution in [0.3, 0.4) is 0 Å². The van der Waals surface area contributed by atoms with Crippen molar-refractivity contribution in [3.8, 4) is 5.88 Å². The number of fused-ring (bicyclic) bond motifs is 1. The predicted molar refractivity (Wildman–Crippen MR) is 81.8 cm³/mol. The Morgan fingerprint density at radius 3 is 2.67 bits per heavy atom. The molecule has 0 bridgehead atoms. The molecule has 0 radical (unpaired) electrons. The highest BCUT2D eigenvalue weighted by Crippen LogP contribution is 2.20. The molecule has 0 spiro atoms. The Labute approximate surface area is 120 Å². The van der Waals surface area contributed by atoms with Crippen LogP contribution in [0.25, 0.3) is 10.8 Å². The fourth-order valence-corrected chi connectivity index (χ4v) is 2.14. The van der Waals surface area contributed by atoms with Crippen LogP contribution in [0.1, 0.15) is 11.3 Å². The van der Waals surface area contributed by atoms with E-state index in [9.17, 15) is 9.90 Å². The van der Waals surface area contributed by atoms with Crippen LogP contribution in [-0.4, -0.2) is 21.3 Å². The van der Waals surface area contributed by atoms with Gasteiger partial charge in [0.1, 0.15) is 0 Å². The van der Waals surface area contributed by atoms with Gasteiger partial charge >= 0.3 is 0 Å². The second kappa shape index (κ2) is 5.58. The minimum atomic E-state index is -0.315. The Balaban J connectivity index is 1.99. The van der Waals surface area contributed by atoms with Crippen LogP contribution in [0.4, 0.5) is 0 Å². The van der Waals surface area contributed by atoms with Gasteiger partial charge in [-0.05, 0) is 18.2 Å². The summed E-state index contributed by atoms with van der Waals surface area (Å²) in [5, 5.41) is 11.1. The predicted octanol–water partition coefficient (Wildman–Crippen LogP) is 2.25. The number of aliphatic imine (C=N–C) groups is 1. The summed E-state index contributed by atoms with van der Waals surface area (Å²) >= 11 is 0. The van der Waals surface area contributed by atoms with E-state index in [0.29, 0.717) is 22.9 Å². The number of benzene rings is 1. The quantitative estimate of drug-likeness (QED) is 0.722. The summed E-state index contributed by atoms with van der Waals surface area (Å²) in [7, 11) is 0. The standard InChI is InChI=1S/C16H13N3O2/c20-15-13-7-2-1-6-12(13)14(16(21)19-15)10-17-9-11-5-3-4-8-18-11/h1-8,10H,9H2,(H2,19,20,21). The van der Waals surface area contributed by atoms with E-state index in [1.165, 1.54) is 0 Å². The molecule has 2 aromatic heterocycles. The first-order chi connectivity index (χ1) is 10.3. The van der Waals surface area contributed by atoms with E-state index >= 15 is 0 Å². The second-order valence-corrected chi connectivity index (χ2v) is 4.55. The zero-order valence-corrected chi connectivity index (χ0v) is 11.2.